The molecule has 2 heterocycles. The predicted octanol–water partition coefficient (Wildman–Crippen LogP) is 6.19. The number of pyridine rings is 1. The molecule has 0 aliphatic carbocycles. The van der Waals surface area contributed by atoms with Crippen LogP contribution in [0.1, 0.15) is 74.4 Å². The molecule has 1 aliphatic heterocycles. The zero-order valence-electron chi connectivity index (χ0n) is 21.9. The fraction of sp³-hybridized carbons (Fsp3) is 0.452. The molecule has 5 heteroatoms. The lowest BCUT2D eigenvalue weighted by Crippen LogP contribution is -2.40. The van der Waals surface area contributed by atoms with Crippen molar-refractivity contribution in [1.29, 1.82) is 0 Å². The SMILES string of the molecule is CCCCNC(=O)C1CCN(c2ccc3ncc(C(=O)CC(C)C)c(Cc4ccccc4)c3c2)CC1. The number of hydrogen-bond donors (Lipinski definition) is 1. The Balaban J connectivity index is 1.60. The number of unbranched alkanes of at least 4 members (excludes halogenated alkanes) is 1. The van der Waals surface area contributed by atoms with E-state index >= 15 is 0 Å². The molecule has 0 unspecified atom stereocenters. The van der Waals surface area contributed by atoms with Gasteiger partial charge in [-0.2, -0.15) is 0 Å². The lowest BCUT2D eigenvalue weighted by atomic mass is 9.91. The summed E-state index contributed by atoms with van der Waals surface area (Å²) in [7, 11) is 0. The molecule has 1 N–H and O–H groups in total. The third kappa shape index (κ3) is 6.31. The molecular formula is C31H39N3O2. The smallest absolute Gasteiger partial charge is 0.223 e. The monoisotopic (exact) mass is 485 g/mol. The van der Waals surface area contributed by atoms with Crippen LogP contribution in [0.25, 0.3) is 10.9 Å². The van der Waals surface area contributed by atoms with E-state index in [4.69, 9.17) is 0 Å². The van der Waals surface area contributed by atoms with E-state index in [9.17, 15) is 9.59 Å². The van der Waals surface area contributed by atoms with Crippen LogP contribution in [0.4, 0.5) is 5.69 Å². The minimum Gasteiger partial charge on any atom is -0.371 e. The number of piperidine rings is 1. The number of carbonyl (C=O) groups excluding carboxylic acids is 2. The lowest BCUT2D eigenvalue weighted by Gasteiger charge is -2.33. The highest BCUT2D eigenvalue weighted by Crippen LogP contribution is 2.31. The number of anilines is 1. The van der Waals surface area contributed by atoms with Gasteiger partial charge < -0.3 is 10.2 Å². The van der Waals surface area contributed by atoms with E-state index in [-0.39, 0.29) is 17.6 Å². The summed E-state index contributed by atoms with van der Waals surface area (Å²) in [5.41, 5.74) is 5.03. The zero-order chi connectivity index (χ0) is 25.5. The molecule has 36 heavy (non-hydrogen) atoms. The molecular weight excluding hydrogens is 446 g/mol. The molecule has 2 aromatic carbocycles. The third-order valence-corrected chi connectivity index (χ3v) is 7.14. The van der Waals surface area contributed by atoms with Crippen molar-refractivity contribution in [2.24, 2.45) is 11.8 Å². The average Bonchev–Trinajstić information content (AvgIpc) is 2.89. The highest BCUT2D eigenvalue weighted by Gasteiger charge is 2.25. The second-order valence-corrected chi connectivity index (χ2v) is 10.4. The number of nitrogens with one attached hydrogen (secondary N) is 1. The van der Waals surface area contributed by atoms with Crippen LogP contribution in [0.3, 0.4) is 0 Å². The van der Waals surface area contributed by atoms with Crippen LogP contribution in [0, 0.1) is 11.8 Å². The van der Waals surface area contributed by atoms with Crippen molar-refractivity contribution in [3.63, 3.8) is 0 Å². The minimum atomic E-state index is 0.0918. The van der Waals surface area contributed by atoms with E-state index in [1.165, 1.54) is 5.56 Å². The summed E-state index contributed by atoms with van der Waals surface area (Å²) in [5.74, 6) is 0.744. The van der Waals surface area contributed by atoms with Crippen molar-refractivity contribution in [1.82, 2.24) is 10.3 Å². The Morgan fingerprint density at radius 3 is 2.53 bits per heavy atom. The molecule has 0 atom stereocenters. The number of aromatic nitrogens is 1. The van der Waals surface area contributed by atoms with E-state index in [0.29, 0.717) is 18.8 Å². The number of rotatable bonds is 10. The van der Waals surface area contributed by atoms with E-state index in [1.807, 2.05) is 18.2 Å². The topological polar surface area (TPSA) is 62.3 Å². The molecule has 1 aliphatic rings. The van der Waals surface area contributed by atoms with E-state index in [0.717, 1.165) is 73.0 Å². The number of Topliss-reactive ketones (excluding diaryl/α,β-unsaturated/α-hetero) is 1. The fourth-order valence-corrected chi connectivity index (χ4v) is 5.08. The Kier molecular flexibility index (Phi) is 8.74. The Labute approximate surface area is 215 Å². The van der Waals surface area contributed by atoms with Crippen molar-refractivity contribution >= 4 is 28.3 Å². The number of amides is 1. The third-order valence-electron chi connectivity index (χ3n) is 7.14. The molecule has 190 valence electrons. The maximum Gasteiger partial charge on any atom is 0.223 e. The van der Waals surface area contributed by atoms with Crippen molar-refractivity contribution in [2.75, 3.05) is 24.5 Å². The van der Waals surface area contributed by atoms with Gasteiger partial charge >= 0.3 is 0 Å². The van der Waals surface area contributed by atoms with Crippen LogP contribution >= 0.6 is 0 Å². The largest absolute Gasteiger partial charge is 0.371 e. The predicted molar refractivity (Wildman–Crippen MR) is 148 cm³/mol. The van der Waals surface area contributed by atoms with Gasteiger partial charge in [0.1, 0.15) is 0 Å². The summed E-state index contributed by atoms with van der Waals surface area (Å²) in [6.07, 6.45) is 6.82. The van der Waals surface area contributed by atoms with Gasteiger partial charge in [0, 0.05) is 54.8 Å². The highest BCUT2D eigenvalue weighted by atomic mass is 16.2. The van der Waals surface area contributed by atoms with E-state index < -0.39 is 0 Å². The average molecular weight is 486 g/mol. The Bertz CT molecular complexity index is 1180. The molecule has 1 aromatic heterocycles. The molecule has 4 rings (SSSR count). The first-order valence-electron chi connectivity index (χ1n) is 13.5. The molecule has 1 amide bonds. The normalized spacial score (nSPS) is 14.4. The molecule has 1 fully saturated rings. The van der Waals surface area contributed by atoms with E-state index in [1.54, 1.807) is 6.20 Å². The number of ketones is 1. The highest BCUT2D eigenvalue weighted by molar-refractivity contribution is 6.02. The first-order chi connectivity index (χ1) is 17.5. The van der Waals surface area contributed by atoms with Crippen molar-refractivity contribution in [2.45, 2.75) is 59.3 Å². The Hall–Kier alpha value is -3.21. The Morgan fingerprint density at radius 1 is 1.08 bits per heavy atom. The summed E-state index contributed by atoms with van der Waals surface area (Å²) in [5, 5.41) is 4.14. The number of hydrogen-bond acceptors (Lipinski definition) is 4. The Morgan fingerprint density at radius 2 is 1.83 bits per heavy atom. The molecule has 1 saturated heterocycles. The summed E-state index contributed by atoms with van der Waals surface area (Å²) in [6.45, 7) is 8.77. The lowest BCUT2D eigenvalue weighted by molar-refractivity contribution is -0.125. The molecule has 5 nitrogen and oxygen atoms in total. The van der Waals surface area contributed by atoms with Crippen LogP contribution in [-0.4, -0.2) is 36.3 Å². The van der Waals surface area contributed by atoms with Gasteiger partial charge in [-0.05, 0) is 60.9 Å². The van der Waals surface area contributed by atoms with Gasteiger partial charge in [-0.3, -0.25) is 14.6 Å². The number of carbonyl (C=O) groups is 2. The summed E-state index contributed by atoms with van der Waals surface area (Å²) >= 11 is 0. The van der Waals surface area contributed by atoms with Gasteiger partial charge in [0.15, 0.2) is 5.78 Å². The van der Waals surface area contributed by atoms with Gasteiger partial charge in [-0.15, -0.1) is 0 Å². The van der Waals surface area contributed by atoms with Gasteiger partial charge in [0.05, 0.1) is 5.52 Å². The standard InChI is InChI=1S/C31H39N3O2/c1-4-5-15-32-31(36)24-13-16-34(17-14-24)25-11-12-29-27(20-25)26(19-23-9-7-6-8-10-23)28(21-33-29)30(35)18-22(2)3/h6-12,20-22,24H,4-5,13-19H2,1-3H3,(H,32,36). The van der Waals surface area contributed by atoms with Crippen molar-refractivity contribution in [3.05, 3.63) is 71.4 Å². The van der Waals surface area contributed by atoms with Crippen LogP contribution in [0.15, 0.2) is 54.7 Å². The molecule has 0 radical (unpaired) electrons. The fourth-order valence-electron chi connectivity index (χ4n) is 5.08. The van der Waals surface area contributed by atoms with Crippen LogP contribution < -0.4 is 10.2 Å². The van der Waals surface area contributed by atoms with E-state index in [2.05, 4.69) is 66.3 Å². The first kappa shape index (κ1) is 25.9. The van der Waals surface area contributed by atoms with Crippen LogP contribution in [0.5, 0.6) is 0 Å². The minimum absolute atomic E-state index is 0.0918. The van der Waals surface area contributed by atoms with Crippen LogP contribution in [-0.2, 0) is 11.2 Å². The second kappa shape index (κ2) is 12.2. The first-order valence-corrected chi connectivity index (χ1v) is 13.5. The van der Waals surface area contributed by atoms with Gasteiger partial charge in [0.2, 0.25) is 5.91 Å². The zero-order valence-corrected chi connectivity index (χ0v) is 21.9. The summed E-state index contributed by atoms with van der Waals surface area (Å²) < 4.78 is 0. The molecule has 0 saturated carbocycles. The molecule has 0 bridgehead atoms. The quantitative estimate of drug-likeness (QED) is 0.275. The second-order valence-electron chi connectivity index (χ2n) is 10.4. The summed E-state index contributed by atoms with van der Waals surface area (Å²) in [4.78, 5) is 32.8. The van der Waals surface area contributed by atoms with Crippen molar-refractivity contribution < 1.29 is 9.59 Å². The van der Waals surface area contributed by atoms with Crippen LogP contribution in [0.2, 0.25) is 0 Å². The molecule has 0 spiro atoms. The number of nitrogens with zero attached hydrogens (tertiary/aromatic N) is 2. The molecule has 3 aromatic rings. The number of fused-ring (bicyclic) bond motifs is 1. The maximum atomic E-state index is 13.2. The van der Waals surface area contributed by atoms with Gasteiger partial charge in [-0.25, -0.2) is 0 Å². The van der Waals surface area contributed by atoms with Gasteiger partial charge in [0.25, 0.3) is 0 Å². The summed E-state index contributed by atoms with van der Waals surface area (Å²) in [6, 6.07) is 16.7. The van der Waals surface area contributed by atoms with Gasteiger partial charge in [-0.1, -0.05) is 57.5 Å². The van der Waals surface area contributed by atoms with Crippen molar-refractivity contribution in [3.8, 4) is 0 Å². The maximum absolute atomic E-state index is 13.2. The number of benzene rings is 2.